The average molecular weight is 346 g/mol. The number of aromatic nitrogens is 2. The van der Waals surface area contributed by atoms with Crippen LogP contribution in [0.3, 0.4) is 0 Å². The highest BCUT2D eigenvalue weighted by molar-refractivity contribution is 5.78. The van der Waals surface area contributed by atoms with E-state index in [0.717, 1.165) is 30.7 Å². The number of nitrogens with zero attached hydrogens (tertiary/aromatic N) is 3. The lowest BCUT2D eigenvalue weighted by Gasteiger charge is -2.32. The molecule has 1 aliphatic rings. The average Bonchev–Trinajstić information content (AvgIpc) is 3.02. The van der Waals surface area contributed by atoms with Crippen molar-refractivity contribution >= 4 is 16.9 Å². The summed E-state index contributed by atoms with van der Waals surface area (Å²) in [5.74, 6) is 0.734. The summed E-state index contributed by atoms with van der Waals surface area (Å²) in [4.78, 5) is 24.0. The van der Waals surface area contributed by atoms with Crippen molar-refractivity contribution in [3.8, 4) is 0 Å². The lowest BCUT2D eigenvalue weighted by Crippen LogP contribution is -2.43. The fourth-order valence-electron chi connectivity index (χ4n) is 3.54. The Hall–Kier alpha value is -1.95. The van der Waals surface area contributed by atoms with E-state index < -0.39 is 0 Å². The van der Waals surface area contributed by atoms with Crippen molar-refractivity contribution in [2.24, 2.45) is 0 Å². The van der Waals surface area contributed by atoms with Crippen LogP contribution in [0.2, 0.25) is 0 Å². The third kappa shape index (κ3) is 4.57. The van der Waals surface area contributed by atoms with Gasteiger partial charge in [0.25, 0.3) is 0 Å². The van der Waals surface area contributed by atoms with Crippen LogP contribution < -0.4 is 0 Å². The minimum absolute atomic E-state index is 0.182. The molecule has 136 valence electrons. The molecule has 25 heavy (non-hydrogen) atoms. The monoisotopic (exact) mass is 346 g/mol. The Kier molecular flexibility index (Phi) is 5.68. The van der Waals surface area contributed by atoms with Crippen molar-refractivity contribution in [2.75, 3.05) is 27.2 Å². The lowest BCUT2D eigenvalue weighted by atomic mass is 9.94. The third-order valence-corrected chi connectivity index (χ3v) is 5.14. The zero-order valence-electron chi connectivity index (χ0n) is 15.1. The molecule has 1 saturated carbocycles. The quantitative estimate of drug-likeness (QED) is 0.875. The molecule has 1 aromatic carbocycles. The number of nitrogens with one attached hydrogen (secondary N) is 1. The zero-order chi connectivity index (χ0) is 17.8. The van der Waals surface area contributed by atoms with Gasteiger partial charge in [-0.3, -0.25) is 9.69 Å². The van der Waals surface area contributed by atoms with Gasteiger partial charge in [-0.05, 0) is 38.1 Å². The Morgan fingerprint density at radius 1 is 1.28 bits per heavy atom. The van der Waals surface area contributed by atoms with Crippen molar-refractivity contribution < 1.29 is 9.18 Å². The number of hydrogen-bond donors (Lipinski definition) is 1. The molecular formula is C19H27FN4O. The SMILES string of the molecule is CN(CCc1nc2ccc(F)cc2[nH]1)CC(=O)N(C)C1CCCCC1. The summed E-state index contributed by atoms with van der Waals surface area (Å²) < 4.78 is 13.2. The summed E-state index contributed by atoms with van der Waals surface area (Å²) in [6.45, 7) is 1.15. The molecule has 5 nitrogen and oxygen atoms in total. The zero-order valence-corrected chi connectivity index (χ0v) is 15.1. The number of benzene rings is 1. The highest BCUT2D eigenvalue weighted by atomic mass is 19.1. The van der Waals surface area contributed by atoms with Gasteiger partial charge in [0, 0.05) is 26.1 Å². The topological polar surface area (TPSA) is 52.2 Å². The van der Waals surface area contributed by atoms with Crippen LogP contribution in [0.5, 0.6) is 0 Å². The van der Waals surface area contributed by atoms with Gasteiger partial charge in [-0.25, -0.2) is 9.37 Å². The first kappa shape index (κ1) is 17.9. The van der Waals surface area contributed by atoms with Gasteiger partial charge in [-0.15, -0.1) is 0 Å². The maximum Gasteiger partial charge on any atom is 0.236 e. The molecular weight excluding hydrogens is 319 g/mol. The van der Waals surface area contributed by atoms with Crippen LogP contribution in [0.1, 0.15) is 37.9 Å². The molecule has 0 saturated heterocycles. The molecule has 2 aromatic rings. The van der Waals surface area contributed by atoms with Crippen LogP contribution in [0.25, 0.3) is 11.0 Å². The van der Waals surface area contributed by atoms with Gasteiger partial charge in [0.2, 0.25) is 5.91 Å². The van der Waals surface area contributed by atoms with Gasteiger partial charge in [0.15, 0.2) is 0 Å². The van der Waals surface area contributed by atoms with Crippen molar-refractivity contribution in [1.82, 2.24) is 19.8 Å². The Balaban J connectivity index is 1.49. The maximum absolute atomic E-state index is 13.2. The van der Waals surface area contributed by atoms with Crippen LogP contribution in [0.15, 0.2) is 18.2 Å². The number of halogens is 1. The first-order valence-corrected chi connectivity index (χ1v) is 9.11. The lowest BCUT2D eigenvalue weighted by molar-refractivity contribution is -0.133. The highest BCUT2D eigenvalue weighted by Gasteiger charge is 2.22. The van der Waals surface area contributed by atoms with Crippen molar-refractivity contribution in [2.45, 2.75) is 44.6 Å². The summed E-state index contributed by atoms with van der Waals surface area (Å²) in [7, 11) is 3.88. The molecule has 1 aliphatic carbocycles. The molecule has 0 unspecified atom stereocenters. The fraction of sp³-hybridized carbons (Fsp3) is 0.579. The van der Waals surface area contributed by atoms with E-state index in [2.05, 4.69) is 9.97 Å². The number of carbonyl (C=O) groups excluding carboxylic acids is 1. The number of fused-ring (bicyclic) bond motifs is 1. The second-order valence-corrected chi connectivity index (χ2v) is 7.13. The van der Waals surface area contributed by atoms with Crippen LogP contribution in [0, 0.1) is 5.82 Å². The number of likely N-dealkylation sites (N-methyl/N-ethyl adjacent to an activating group) is 2. The van der Waals surface area contributed by atoms with E-state index in [-0.39, 0.29) is 11.7 Å². The summed E-state index contributed by atoms with van der Waals surface area (Å²) in [5, 5.41) is 0. The largest absolute Gasteiger partial charge is 0.342 e. The molecule has 1 amide bonds. The van der Waals surface area contributed by atoms with Gasteiger partial charge in [0.1, 0.15) is 11.6 Å². The maximum atomic E-state index is 13.2. The van der Waals surface area contributed by atoms with E-state index in [9.17, 15) is 9.18 Å². The first-order chi connectivity index (χ1) is 12.0. The molecule has 0 bridgehead atoms. The number of amides is 1. The van der Waals surface area contributed by atoms with Crippen molar-refractivity contribution in [3.63, 3.8) is 0 Å². The fourth-order valence-corrected chi connectivity index (χ4v) is 3.54. The van der Waals surface area contributed by atoms with Crippen LogP contribution >= 0.6 is 0 Å². The Morgan fingerprint density at radius 2 is 2.04 bits per heavy atom. The van der Waals surface area contributed by atoms with E-state index >= 15 is 0 Å². The predicted molar refractivity (Wildman–Crippen MR) is 96.9 cm³/mol. The number of H-pyrrole nitrogens is 1. The number of hydrogen-bond acceptors (Lipinski definition) is 3. The second kappa shape index (κ2) is 7.95. The van der Waals surface area contributed by atoms with E-state index in [1.807, 2.05) is 23.9 Å². The molecule has 1 N–H and O–H groups in total. The van der Waals surface area contributed by atoms with Gasteiger partial charge in [-0.1, -0.05) is 19.3 Å². The van der Waals surface area contributed by atoms with Gasteiger partial charge >= 0.3 is 0 Å². The second-order valence-electron chi connectivity index (χ2n) is 7.13. The van der Waals surface area contributed by atoms with E-state index in [1.54, 1.807) is 6.07 Å². The summed E-state index contributed by atoms with van der Waals surface area (Å²) in [5.41, 5.74) is 1.48. The van der Waals surface area contributed by atoms with E-state index in [4.69, 9.17) is 0 Å². The van der Waals surface area contributed by atoms with Gasteiger partial charge < -0.3 is 9.88 Å². The summed E-state index contributed by atoms with van der Waals surface area (Å²) in [6.07, 6.45) is 6.70. The smallest absolute Gasteiger partial charge is 0.236 e. The summed E-state index contributed by atoms with van der Waals surface area (Å²) in [6, 6.07) is 4.95. The molecule has 0 atom stereocenters. The predicted octanol–water partition coefficient (Wildman–Crippen LogP) is 2.97. The molecule has 0 radical (unpaired) electrons. The molecule has 0 spiro atoms. The van der Waals surface area contributed by atoms with Crippen LogP contribution in [-0.2, 0) is 11.2 Å². The van der Waals surface area contributed by atoms with E-state index in [1.165, 1.54) is 31.4 Å². The van der Waals surface area contributed by atoms with Gasteiger partial charge in [0.05, 0.1) is 17.6 Å². The molecule has 0 aliphatic heterocycles. The third-order valence-electron chi connectivity index (χ3n) is 5.14. The molecule has 1 fully saturated rings. The van der Waals surface area contributed by atoms with Crippen molar-refractivity contribution in [3.05, 3.63) is 29.8 Å². The molecule has 1 aromatic heterocycles. The number of aromatic amines is 1. The number of imidazole rings is 1. The Morgan fingerprint density at radius 3 is 2.80 bits per heavy atom. The van der Waals surface area contributed by atoms with Crippen LogP contribution in [0.4, 0.5) is 4.39 Å². The van der Waals surface area contributed by atoms with Crippen molar-refractivity contribution in [1.29, 1.82) is 0 Å². The Bertz CT molecular complexity index is 723. The summed E-state index contributed by atoms with van der Waals surface area (Å²) >= 11 is 0. The number of carbonyl (C=O) groups is 1. The standard InChI is InChI=1S/C19H27FN4O/c1-23(13-19(25)24(2)15-6-4-3-5-7-15)11-10-18-21-16-9-8-14(20)12-17(16)22-18/h8-9,12,15H,3-7,10-11,13H2,1-2H3,(H,21,22). The molecule has 1 heterocycles. The molecule has 3 rings (SSSR count). The van der Waals surface area contributed by atoms with Crippen LogP contribution in [-0.4, -0.2) is 58.9 Å². The minimum Gasteiger partial charge on any atom is -0.342 e. The first-order valence-electron chi connectivity index (χ1n) is 9.11. The normalized spacial score (nSPS) is 15.8. The van der Waals surface area contributed by atoms with Gasteiger partial charge in [-0.2, -0.15) is 0 Å². The number of rotatable bonds is 6. The minimum atomic E-state index is -0.267. The highest BCUT2D eigenvalue weighted by Crippen LogP contribution is 2.21. The molecule has 6 heteroatoms. The Labute approximate surface area is 148 Å². The van der Waals surface area contributed by atoms with E-state index in [0.29, 0.717) is 24.5 Å².